The minimum atomic E-state index is -0.740. The maximum absolute atomic E-state index is 13.5. The molecule has 0 aliphatic carbocycles. The van der Waals surface area contributed by atoms with Gasteiger partial charge in [-0.25, -0.2) is 8.78 Å². The number of rotatable bonds is 4. The minimum absolute atomic E-state index is 0.0313. The van der Waals surface area contributed by atoms with Crippen molar-refractivity contribution in [1.29, 1.82) is 0 Å². The molecule has 0 amide bonds. The summed E-state index contributed by atoms with van der Waals surface area (Å²) in [7, 11) is 0. The van der Waals surface area contributed by atoms with Crippen LogP contribution in [0.5, 0.6) is 0 Å². The van der Waals surface area contributed by atoms with Crippen LogP contribution in [0.25, 0.3) is 0 Å². The molecule has 0 spiro atoms. The van der Waals surface area contributed by atoms with E-state index in [2.05, 4.69) is 0 Å². The lowest BCUT2D eigenvalue weighted by atomic mass is 9.97. The zero-order valence-corrected chi connectivity index (χ0v) is 10.1. The van der Waals surface area contributed by atoms with Crippen molar-refractivity contribution >= 4 is 0 Å². The first-order chi connectivity index (χ1) is 7.43. The van der Waals surface area contributed by atoms with Crippen LogP contribution in [0.15, 0.2) is 12.1 Å². The highest BCUT2D eigenvalue weighted by Gasteiger charge is 2.13. The Labute approximate surface area is 95.7 Å². The van der Waals surface area contributed by atoms with Gasteiger partial charge in [0.2, 0.25) is 0 Å². The van der Waals surface area contributed by atoms with Crippen LogP contribution in [0, 0.1) is 24.5 Å². The Bertz CT molecular complexity index is 361. The predicted octanol–water partition coefficient (Wildman–Crippen LogP) is 3.19. The van der Waals surface area contributed by atoms with Crippen LogP contribution < -0.4 is 5.73 Å². The lowest BCUT2D eigenvalue weighted by Gasteiger charge is -2.15. The lowest BCUT2D eigenvalue weighted by Crippen LogP contribution is -2.26. The molecule has 0 bridgehead atoms. The van der Waals surface area contributed by atoms with Gasteiger partial charge in [-0.2, -0.15) is 0 Å². The van der Waals surface area contributed by atoms with Crippen molar-refractivity contribution in [2.75, 3.05) is 0 Å². The summed E-state index contributed by atoms with van der Waals surface area (Å²) < 4.78 is 26.8. The Morgan fingerprint density at radius 2 is 1.81 bits per heavy atom. The lowest BCUT2D eigenvalue weighted by molar-refractivity contribution is 0.451. The normalized spacial score (nSPS) is 13.2. The summed E-state index contributed by atoms with van der Waals surface area (Å²) in [6.07, 6.45) is 1.17. The first kappa shape index (κ1) is 13.1. The molecular weight excluding hydrogens is 208 g/mol. The first-order valence-electron chi connectivity index (χ1n) is 5.62. The standard InChI is InChI=1S/C13H19F2N/c1-8(2)11(16)7-6-10-5-4-9(3)12(14)13(10)15/h4-5,8,11H,6-7,16H2,1-3H3. The number of aryl methyl sites for hydroxylation is 2. The highest BCUT2D eigenvalue weighted by molar-refractivity contribution is 5.25. The van der Waals surface area contributed by atoms with Crippen molar-refractivity contribution in [2.45, 2.75) is 39.7 Å². The van der Waals surface area contributed by atoms with Crippen LogP contribution in [0.2, 0.25) is 0 Å². The van der Waals surface area contributed by atoms with Gasteiger partial charge in [-0.3, -0.25) is 0 Å². The van der Waals surface area contributed by atoms with Gasteiger partial charge >= 0.3 is 0 Å². The Hall–Kier alpha value is -0.960. The van der Waals surface area contributed by atoms with Crippen LogP contribution in [-0.4, -0.2) is 6.04 Å². The van der Waals surface area contributed by atoms with Crippen LogP contribution in [0.4, 0.5) is 8.78 Å². The topological polar surface area (TPSA) is 26.0 Å². The van der Waals surface area contributed by atoms with Crippen molar-refractivity contribution in [3.63, 3.8) is 0 Å². The molecule has 0 fully saturated rings. The summed E-state index contributed by atoms with van der Waals surface area (Å²) in [6.45, 7) is 5.61. The smallest absolute Gasteiger partial charge is 0.162 e. The van der Waals surface area contributed by atoms with E-state index in [1.165, 1.54) is 0 Å². The molecule has 1 nitrogen and oxygen atoms in total. The average Bonchev–Trinajstić information content (AvgIpc) is 2.24. The second-order valence-electron chi connectivity index (χ2n) is 4.62. The number of nitrogens with two attached hydrogens (primary N) is 1. The van der Waals surface area contributed by atoms with Crippen molar-refractivity contribution in [1.82, 2.24) is 0 Å². The maximum atomic E-state index is 13.5. The second kappa shape index (κ2) is 5.39. The van der Waals surface area contributed by atoms with Gasteiger partial charge in [-0.1, -0.05) is 26.0 Å². The third kappa shape index (κ3) is 3.01. The van der Waals surface area contributed by atoms with E-state index in [1.54, 1.807) is 19.1 Å². The fraction of sp³-hybridized carbons (Fsp3) is 0.538. The summed E-state index contributed by atoms with van der Waals surface area (Å²) in [6, 6.07) is 3.28. The van der Waals surface area contributed by atoms with Crippen LogP contribution >= 0.6 is 0 Å². The van der Waals surface area contributed by atoms with E-state index >= 15 is 0 Å². The molecule has 0 saturated heterocycles. The molecule has 2 N–H and O–H groups in total. The Kier molecular flexibility index (Phi) is 4.42. The van der Waals surface area contributed by atoms with Gasteiger partial charge in [0, 0.05) is 6.04 Å². The van der Waals surface area contributed by atoms with E-state index in [0.29, 0.717) is 29.9 Å². The number of halogens is 2. The Morgan fingerprint density at radius 3 is 2.38 bits per heavy atom. The van der Waals surface area contributed by atoms with E-state index in [9.17, 15) is 8.78 Å². The average molecular weight is 227 g/mol. The summed E-state index contributed by atoms with van der Waals surface area (Å²) in [5.74, 6) is -1.11. The number of benzene rings is 1. The van der Waals surface area contributed by atoms with Gasteiger partial charge in [-0.15, -0.1) is 0 Å². The van der Waals surface area contributed by atoms with Gasteiger partial charge in [0.15, 0.2) is 11.6 Å². The molecule has 1 unspecified atom stereocenters. The fourth-order valence-electron chi connectivity index (χ4n) is 1.53. The molecule has 1 atom stereocenters. The van der Waals surface area contributed by atoms with Crippen LogP contribution in [0.3, 0.4) is 0 Å². The van der Waals surface area contributed by atoms with E-state index in [0.717, 1.165) is 0 Å². The summed E-state index contributed by atoms with van der Waals surface area (Å²) in [5, 5.41) is 0. The molecule has 1 rings (SSSR count). The molecular formula is C13H19F2N. The molecule has 3 heteroatoms. The van der Waals surface area contributed by atoms with Gasteiger partial charge in [0.1, 0.15) is 0 Å². The quantitative estimate of drug-likeness (QED) is 0.840. The largest absolute Gasteiger partial charge is 0.327 e. The molecule has 0 radical (unpaired) electrons. The predicted molar refractivity (Wildman–Crippen MR) is 62.2 cm³/mol. The SMILES string of the molecule is Cc1ccc(CCC(N)C(C)C)c(F)c1F. The van der Waals surface area contributed by atoms with Gasteiger partial charge < -0.3 is 5.73 Å². The monoisotopic (exact) mass is 227 g/mol. The molecule has 0 saturated carbocycles. The third-order valence-corrected chi connectivity index (χ3v) is 2.96. The van der Waals surface area contributed by atoms with Crippen molar-refractivity contribution < 1.29 is 8.78 Å². The molecule has 1 aromatic carbocycles. The molecule has 16 heavy (non-hydrogen) atoms. The molecule has 0 aromatic heterocycles. The zero-order valence-electron chi connectivity index (χ0n) is 10.1. The van der Waals surface area contributed by atoms with Crippen LogP contribution in [-0.2, 0) is 6.42 Å². The highest BCUT2D eigenvalue weighted by Crippen LogP contribution is 2.18. The Morgan fingerprint density at radius 1 is 1.19 bits per heavy atom. The summed E-state index contributed by atoms with van der Waals surface area (Å²) in [5.41, 5.74) is 6.62. The molecule has 90 valence electrons. The summed E-state index contributed by atoms with van der Waals surface area (Å²) in [4.78, 5) is 0. The second-order valence-corrected chi connectivity index (χ2v) is 4.62. The molecule has 0 aliphatic heterocycles. The Balaban J connectivity index is 2.72. The third-order valence-electron chi connectivity index (χ3n) is 2.96. The number of hydrogen-bond donors (Lipinski definition) is 1. The van der Waals surface area contributed by atoms with Gasteiger partial charge in [0.05, 0.1) is 0 Å². The summed E-state index contributed by atoms with van der Waals surface area (Å²) >= 11 is 0. The number of hydrogen-bond acceptors (Lipinski definition) is 1. The van der Waals surface area contributed by atoms with E-state index < -0.39 is 11.6 Å². The van der Waals surface area contributed by atoms with Gasteiger partial charge in [0.25, 0.3) is 0 Å². The molecule has 1 aromatic rings. The highest BCUT2D eigenvalue weighted by atomic mass is 19.2. The van der Waals surface area contributed by atoms with E-state index in [-0.39, 0.29) is 6.04 Å². The fourth-order valence-corrected chi connectivity index (χ4v) is 1.53. The zero-order chi connectivity index (χ0) is 12.3. The molecule has 0 heterocycles. The minimum Gasteiger partial charge on any atom is -0.327 e. The van der Waals surface area contributed by atoms with E-state index in [4.69, 9.17) is 5.73 Å². The van der Waals surface area contributed by atoms with Gasteiger partial charge in [-0.05, 0) is 36.8 Å². The van der Waals surface area contributed by atoms with Crippen molar-refractivity contribution in [3.8, 4) is 0 Å². The van der Waals surface area contributed by atoms with Crippen molar-refractivity contribution in [2.24, 2.45) is 11.7 Å². The maximum Gasteiger partial charge on any atom is 0.162 e. The molecule has 0 aliphatic rings. The van der Waals surface area contributed by atoms with E-state index in [1.807, 2.05) is 13.8 Å². The first-order valence-corrected chi connectivity index (χ1v) is 5.62. The van der Waals surface area contributed by atoms with Crippen LogP contribution in [0.1, 0.15) is 31.4 Å². The van der Waals surface area contributed by atoms with Crippen molar-refractivity contribution in [3.05, 3.63) is 34.9 Å².